The van der Waals surface area contributed by atoms with Crippen molar-refractivity contribution in [3.05, 3.63) is 52.2 Å². The Bertz CT molecular complexity index is 1010. The van der Waals surface area contributed by atoms with Crippen LogP contribution in [0.25, 0.3) is 11.3 Å². The zero-order valence-corrected chi connectivity index (χ0v) is 17.6. The molecule has 0 fully saturated rings. The summed E-state index contributed by atoms with van der Waals surface area (Å²) >= 11 is 1.32. The molecule has 0 bridgehead atoms. The number of aromatic nitrogens is 2. The number of amides is 1. The molecule has 0 aliphatic rings. The smallest absolute Gasteiger partial charge is 0.344 e. The number of benzene rings is 1. The summed E-state index contributed by atoms with van der Waals surface area (Å²) in [5.74, 6) is -0.704. The van der Waals surface area contributed by atoms with Gasteiger partial charge in [-0.1, -0.05) is 43.3 Å². The molecule has 0 aliphatic heterocycles. The van der Waals surface area contributed by atoms with Crippen LogP contribution in [-0.4, -0.2) is 28.1 Å². The van der Waals surface area contributed by atoms with E-state index in [1.165, 1.54) is 23.8 Å². The normalized spacial score (nSPS) is 11.9. The number of rotatable bonds is 7. The van der Waals surface area contributed by atoms with Gasteiger partial charge in [-0.2, -0.15) is 0 Å². The molecule has 1 aromatic carbocycles. The molecule has 0 radical (unpaired) electrons. The third kappa shape index (κ3) is 4.71. The van der Waals surface area contributed by atoms with Crippen LogP contribution in [0, 0.1) is 6.92 Å². The molecule has 3 rings (SSSR count). The van der Waals surface area contributed by atoms with E-state index >= 15 is 0 Å². The molecule has 1 N–H and O–H groups in total. The maximum Gasteiger partial charge on any atom is 0.344 e. The maximum atomic E-state index is 12.4. The van der Waals surface area contributed by atoms with Crippen LogP contribution in [0.3, 0.4) is 0 Å². The van der Waals surface area contributed by atoms with Crippen molar-refractivity contribution in [3.8, 4) is 11.3 Å². The van der Waals surface area contributed by atoms with Gasteiger partial charge >= 0.3 is 5.97 Å². The number of carbonyl (C=O) groups excluding carboxylic acids is 2. The number of aryl methyl sites for hydroxylation is 3. The van der Waals surface area contributed by atoms with Crippen LogP contribution in [0.15, 0.2) is 34.2 Å². The Labute approximate surface area is 173 Å². The Morgan fingerprint density at radius 3 is 2.59 bits per heavy atom. The molecule has 0 saturated heterocycles. The average Bonchev–Trinajstić information content (AvgIpc) is 3.34. The van der Waals surface area contributed by atoms with Gasteiger partial charge in [0.25, 0.3) is 5.91 Å². The Morgan fingerprint density at radius 2 is 1.93 bits per heavy atom. The third-order valence-electron chi connectivity index (χ3n) is 4.52. The molecule has 0 aliphatic carbocycles. The molecule has 2 aromatic heterocycles. The molecule has 3 aromatic rings. The highest BCUT2D eigenvalue weighted by atomic mass is 32.1. The van der Waals surface area contributed by atoms with Gasteiger partial charge in [0.1, 0.15) is 11.3 Å². The minimum Gasteiger partial charge on any atom is -0.449 e. The van der Waals surface area contributed by atoms with Gasteiger partial charge in [-0.25, -0.2) is 9.78 Å². The number of nitrogens with one attached hydrogen (secondary N) is 1. The van der Waals surface area contributed by atoms with Gasteiger partial charge in [0.15, 0.2) is 11.2 Å². The minimum absolute atomic E-state index is 0.277. The van der Waals surface area contributed by atoms with Crippen molar-refractivity contribution >= 4 is 28.3 Å². The highest BCUT2D eigenvalue weighted by Gasteiger charge is 2.25. The molecular weight excluding hydrogens is 390 g/mol. The standard InChI is InChI=1S/C21H23N3O4S/c1-5-14-7-9-15(10-8-14)17-11-29-21(22-17)23-19(25)13(4)27-20(26)18-12(3)28-24-16(18)6-2/h7-11,13H,5-6H2,1-4H3,(H,22,23,25)/t13-/m0/s1. The number of ether oxygens (including phenoxy) is 1. The predicted molar refractivity (Wildman–Crippen MR) is 111 cm³/mol. The van der Waals surface area contributed by atoms with Crippen LogP contribution < -0.4 is 5.32 Å². The molecule has 2 heterocycles. The van der Waals surface area contributed by atoms with Crippen molar-refractivity contribution in [2.45, 2.75) is 46.6 Å². The van der Waals surface area contributed by atoms with E-state index in [9.17, 15) is 9.59 Å². The lowest BCUT2D eigenvalue weighted by molar-refractivity contribution is -0.123. The Hall–Kier alpha value is -3.00. The lowest BCUT2D eigenvalue weighted by atomic mass is 10.1. The fraction of sp³-hybridized carbons (Fsp3) is 0.333. The van der Waals surface area contributed by atoms with Crippen LogP contribution in [0.5, 0.6) is 0 Å². The first kappa shape index (κ1) is 20.7. The summed E-state index contributed by atoms with van der Waals surface area (Å²) < 4.78 is 10.3. The van der Waals surface area contributed by atoms with Gasteiger partial charge in [-0.15, -0.1) is 11.3 Å². The third-order valence-corrected chi connectivity index (χ3v) is 5.28. The first-order chi connectivity index (χ1) is 13.9. The molecule has 1 atom stereocenters. The summed E-state index contributed by atoms with van der Waals surface area (Å²) in [6.07, 6.45) is 0.519. The number of anilines is 1. The van der Waals surface area contributed by atoms with Crippen molar-refractivity contribution in [1.29, 1.82) is 0 Å². The van der Waals surface area contributed by atoms with Gasteiger partial charge in [-0.3, -0.25) is 10.1 Å². The number of hydrogen-bond donors (Lipinski definition) is 1. The van der Waals surface area contributed by atoms with E-state index in [2.05, 4.69) is 34.5 Å². The topological polar surface area (TPSA) is 94.3 Å². The van der Waals surface area contributed by atoms with E-state index in [1.54, 1.807) is 6.92 Å². The zero-order chi connectivity index (χ0) is 21.0. The fourth-order valence-corrected chi connectivity index (χ4v) is 3.50. The van der Waals surface area contributed by atoms with Crippen molar-refractivity contribution in [1.82, 2.24) is 10.1 Å². The van der Waals surface area contributed by atoms with Crippen LogP contribution in [0.4, 0.5) is 5.13 Å². The van der Waals surface area contributed by atoms with Gasteiger partial charge < -0.3 is 9.26 Å². The van der Waals surface area contributed by atoms with Gasteiger partial charge in [0.2, 0.25) is 0 Å². The van der Waals surface area contributed by atoms with Gasteiger partial charge in [0.05, 0.1) is 11.4 Å². The quantitative estimate of drug-likeness (QED) is 0.577. The Morgan fingerprint density at radius 1 is 1.21 bits per heavy atom. The lowest BCUT2D eigenvalue weighted by Gasteiger charge is -2.12. The van der Waals surface area contributed by atoms with Gasteiger partial charge in [-0.05, 0) is 32.3 Å². The van der Waals surface area contributed by atoms with E-state index in [1.807, 2.05) is 24.4 Å². The first-order valence-corrected chi connectivity index (χ1v) is 10.3. The number of hydrogen-bond acceptors (Lipinski definition) is 7. The second-order valence-corrected chi connectivity index (χ2v) is 7.40. The summed E-state index contributed by atoms with van der Waals surface area (Å²) in [5, 5.41) is 8.86. The van der Waals surface area contributed by atoms with Crippen LogP contribution >= 0.6 is 11.3 Å². The first-order valence-electron chi connectivity index (χ1n) is 9.44. The van der Waals surface area contributed by atoms with Crippen molar-refractivity contribution in [3.63, 3.8) is 0 Å². The lowest BCUT2D eigenvalue weighted by Crippen LogP contribution is -2.30. The molecule has 0 saturated carbocycles. The molecular formula is C21H23N3O4S. The average molecular weight is 413 g/mol. The largest absolute Gasteiger partial charge is 0.449 e. The van der Waals surface area contributed by atoms with Crippen molar-refractivity contribution < 1.29 is 18.8 Å². The highest BCUT2D eigenvalue weighted by molar-refractivity contribution is 7.14. The van der Waals surface area contributed by atoms with E-state index in [-0.39, 0.29) is 5.56 Å². The summed E-state index contributed by atoms with van der Waals surface area (Å²) in [6, 6.07) is 8.14. The SMILES string of the molecule is CCc1ccc(-c2csc(NC(=O)[C@H](C)OC(=O)c3c(CC)noc3C)n2)cc1. The zero-order valence-electron chi connectivity index (χ0n) is 16.8. The molecule has 152 valence electrons. The predicted octanol–water partition coefficient (Wildman–Crippen LogP) is 4.42. The molecule has 8 heteroatoms. The van der Waals surface area contributed by atoms with Crippen LogP contribution in [-0.2, 0) is 22.4 Å². The number of esters is 1. The molecule has 0 spiro atoms. The van der Waals surface area contributed by atoms with Gasteiger partial charge in [0, 0.05) is 10.9 Å². The minimum atomic E-state index is -0.988. The monoisotopic (exact) mass is 413 g/mol. The summed E-state index contributed by atoms with van der Waals surface area (Å²) in [4.78, 5) is 29.3. The molecule has 7 nitrogen and oxygen atoms in total. The van der Waals surface area contributed by atoms with Crippen LogP contribution in [0.1, 0.15) is 48.1 Å². The maximum absolute atomic E-state index is 12.4. The van der Waals surface area contributed by atoms with Crippen molar-refractivity contribution in [2.75, 3.05) is 5.32 Å². The van der Waals surface area contributed by atoms with E-state index in [0.717, 1.165) is 17.7 Å². The van der Waals surface area contributed by atoms with E-state index in [0.29, 0.717) is 23.0 Å². The number of thiazole rings is 1. The summed E-state index contributed by atoms with van der Waals surface area (Å²) in [7, 11) is 0. The summed E-state index contributed by atoms with van der Waals surface area (Å²) in [6.45, 7) is 7.12. The van der Waals surface area contributed by atoms with Crippen molar-refractivity contribution in [2.24, 2.45) is 0 Å². The number of nitrogens with zero attached hydrogens (tertiary/aromatic N) is 2. The fourth-order valence-electron chi connectivity index (χ4n) is 2.78. The highest BCUT2D eigenvalue weighted by Crippen LogP contribution is 2.25. The molecule has 0 unspecified atom stereocenters. The second-order valence-electron chi connectivity index (χ2n) is 6.54. The Balaban J connectivity index is 1.63. The molecule has 29 heavy (non-hydrogen) atoms. The van der Waals surface area contributed by atoms with Crippen LogP contribution in [0.2, 0.25) is 0 Å². The van der Waals surface area contributed by atoms with E-state index < -0.39 is 18.0 Å². The van der Waals surface area contributed by atoms with E-state index in [4.69, 9.17) is 9.26 Å². The molecule has 1 amide bonds. The Kier molecular flexibility index (Phi) is 6.43. The number of carbonyl (C=O) groups is 2. The summed E-state index contributed by atoms with van der Waals surface area (Å²) in [5.41, 5.74) is 3.80. The second kappa shape index (κ2) is 9.00.